The van der Waals surface area contributed by atoms with Gasteiger partial charge in [0.15, 0.2) is 0 Å². The quantitative estimate of drug-likeness (QED) is 0.267. The van der Waals surface area contributed by atoms with Crippen LogP contribution in [0.4, 0.5) is 0 Å². The highest BCUT2D eigenvalue weighted by molar-refractivity contribution is 5.13. The summed E-state index contributed by atoms with van der Waals surface area (Å²) in [4.78, 5) is 6.25. The molecule has 5 saturated heterocycles. The molecule has 8 saturated carbocycles. The van der Waals surface area contributed by atoms with E-state index in [0.29, 0.717) is 35.5 Å². The summed E-state index contributed by atoms with van der Waals surface area (Å²) in [6.07, 6.45) is 41.4. The predicted octanol–water partition coefficient (Wildman–Crippen LogP) is 12.0. The van der Waals surface area contributed by atoms with Gasteiger partial charge in [0.05, 0.1) is 47.9 Å². The molecule has 18 unspecified atom stereocenters. The second-order valence-electron chi connectivity index (χ2n) is 27.7. The van der Waals surface area contributed by atoms with Crippen LogP contribution in [0.5, 0.6) is 0 Å². The van der Waals surface area contributed by atoms with E-state index in [-0.39, 0.29) is 60.0 Å². The highest BCUT2D eigenvalue weighted by Gasteiger charge is 2.57. The van der Waals surface area contributed by atoms with Crippen molar-refractivity contribution in [1.82, 2.24) is 20.4 Å². The minimum Gasteiger partial charge on any atom is -0.345 e. The maximum atomic E-state index is 10.8. The molecule has 0 radical (unpaired) electrons. The number of ether oxygens (including phenoxy) is 1. The number of nitriles is 4. The minimum absolute atomic E-state index is 0.0493. The summed E-state index contributed by atoms with van der Waals surface area (Å²) in [7, 11) is 0. The fourth-order valence-electron chi connectivity index (χ4n) is 22.3. The Hall–Kier alpha value is -2.24. The Labute approximate surface area is 429 Å². The molecule has 5 aliphatic heterocycles. The number of nitrogens with zero attached hydrogens (tertiary/aromatic N) is 6. The van der Waals surface area contributed by atoms with Crippen molar-refractivity contribution in [1.29, 1.82) is 21.0 Å². The van der Waals surface area contributed by atoms with Crippen LogP contribution in [0.15, 0.2) is 0 Å². The van der Waals surface area contributed by atoms with Crippen LogP contribution >= 0.6 is 0 Å². The van der Waals surface area contributed by atoms with E-state index in [4.69, 9.17) is 4.74 Å². The van der Waals surface area contributed by atoms with Gasteiger partial charge in [0.1, 0.15) is 12.5 Å². The lowest BCUT2D eigenvalue weighted by Gasteiger charge is -2.48. The van der Waals surface area contributed by atoms with E-state index >= 15 is 0 Å². The van der Waals surface area contributed by atoms with Crippen LogP contribution in [0.25, 0.3) is 0 Å². The van der Waals surface area contributed by atoms with E-state index in [1.54, 1.807) is 0 Å². The van der Waals surface area contributed by atoms with Gasteiger partial charge in [-0.1, -0.05) is 51.4 Å². The van der Waals surface area contributed by atoms with E-state index in [0.717, 1.165) is 111 Å². The van der Waals surface area contributed by atoms with E-state index < -0.39 is 0 Å². The van der Waals surface area contributed by atoms with Crippen molar-refractivity contribution in [3.05, 3.63) is 0 Å². The van der Waals surface area contributed by atoms with E-state index in [9.17, 15) is 21.0 Å². The van der Waals surface area contributed by atoms with Crippen LogP contribution in [-0.2, 0) is 4.74 Å². The average Bonchev–Trinajstić information content (AvgIpc) is 4.09. The van der Waals surface area contributed by atoms with Crippen molar-refractivity contribution in [2.75, 3.05) is 0 Å². The minimum atomic E-state index is -0.0874. The van der Waals surface area contributed by atoms with E-state index in [1.165, 1.54) is 154 Å². The van der Waals surface area contributed by atoms with Crippen molar-refractivity contribution >= 4 is 0 Å². The van der Waals surface area contributed by atoms with Crippen molar-refractivity contribution < 1.29 is 4.74 Å². The monoisotopic (exact) mass is 965 g/mol. The Morgan fingerprint density at radius 2 is 0.634 bits per heavy atom. The molecular formula is C62H92N8O. The lowest BCUT2D eigenvalue weighted by atomic mass is 9.59. The Kier molecular flexibility index (Phi) is 14.1. The summed E-state index contributed by atoms with van der Waals surface area (Å²) in [5.41, 5.74) is 0. The van der Waals surface area contributed by atoms with Gasteiger partial charge < -0.3 is 4.74 Å². The van der Waals surface area contributed by atoms with Gasteiger partial charge in [-0.25, -0.2) is 0 Å². The summed E-state index contributed by atoms with van der Waals surface area (Å²) in [5, 5.41) is 51.4. The van der Waals surface area contributed by atoms with Gasteiger partial charge >= 0.3 is 0 Å². The van der Waals surface area contributed by atoms with Crippen LogP contribution < -0.4 is 10.6 Å². The Morgan fingerprint density at radius 1 is 0.324 bits per heavy atom. The molecule has 9 heteroatoms. The van der Waals surface area contributed by atoms with Gasteiger partial charge in [-0.3, -0.25) is 20.4 Å². The molecule has 2 N–H and O–H groups in total. The van der Waals surface area contributed by atoms with Gasteiger partial charge in [0.2, 0.25) is 0 Å². The number of hydrogen-bond acceptors (Lipinski definition) is 9. The van der Waals surface area contributed by atoms with Crippen LogP contribution in [-0.4, -0.2) is 70.6 Å². The van der Waals surface area contributed by atoms with Crippen molar-refractivity contribution in [3.8, 4) is 24.3 Å². The molecular weight excluding hydrogens is 873 g/mol. The van der Waals surface area contributed by atoms with Crippen LogP contribution in [0.3, 0.4) is 0 Å². The molecule has 8 aliphatic carbocycles. The molecule has 5 heterocycles. The lowest BCUT2D eigenvalue weighted by molar-refractivity contribution is -0.0545. The first-order chi connectivity index (χ1) is 35.0. The number of nitrogens with one attached hydrogen (secondary N) is 2. The second kappa shape index (κ2) is 20.7. The fraction of sp³-hybridized carbons (Fsp3) is 0.935. The second-order valence-corrected chi connectivity index (χ2v) is 27.7. The molecule has 0 spiro atoms. The topological polar surface area (TPSA) is 135 Å². The van der Waals surface area contributed by atoms with Crippen molar-refractivity contribution in [2.24, 2.45) is 94.7 Å². The van der Waals surface area contributed by atoms with Crippen LogP contribution in [0, 0.1) is 140 Å². The first-order valence-electron chi connectivity index (χ1n) is 31.3. The number of fused-ring (bicyclic) bond motifs is 9. The Morgan fingerprint density at radius 3 is 0.944 bits per heavy atom. The summed E-state index contributed by atoms with van der Waals surface area (Å²) in [5.74, 6) is 6.70. The molecule has 18 atom stereocenters. The van der Waals surface area contributed by atoms with E-state index in [2.05, 4.69) is 44.7 Å². The molecule has 13 aliphatic rings. The zero-order valence-corrected chi connectivity index (χ0v) is 43.7. The number of rotatable bonds is 6. The average molecular weight is 965 g/mol. The first kappa shape index (κ1) is 48.4. The molecule has 71 heavy (non-hydrogen) atoms. The Bertz CT molecular complexity index is 1800. The normalized spacial score (nSPS) is 53.2. The maximum absolute atomic E-state index is 10.8. The smallest absolute Gasteiger partial charge is 0.113 e. The molecule has 9 nitrogen and oxygen atoms in total. The highest BCUT2D eigenvalue weighted by Crippen LogP contribution is 2.56. The van der Waals surface area contributed by atoms with Crippen LogP contribution in [0.1, 0.15) is 205 Å². The van der Waals surface area contributed by atoms with Gasteiger partial charge in [0, 0.05) is 72.0 Å². The lowest BCUT2D eigenvalue weighted by Crippen LogP contribution is -2.55. The van der Waals surface area contributed by atoms with Gasteiger partial charge in [-0.05, 0) is 201 Å². The molecule has 13 fully saturated rings. The molecule has 0 amide bonds. The first-order valence-corrected chi connectivity index (χ1v) is 31.3. The standard InChI is InChI=1S/C62H92N8O/c63-33-41-29-39(37-17-21-45(22-18-37)69-55-13-5-1-9-47(55)48-10-2-6-14-56(48)69)30-42(34-64)59(41)53-27-25-51-52-26-28-54(68-62(52)71-61(51)67-53)60-43(35-65)31-40(32-44(60)36-66)38-19-23-46(24-20-38)70-57-15-7-3-11-49(57)50-12-4-8-16-58(50)70/h37-62,67-68H,1-32H2. The molecule has 386 valence electrons. The molecule has 13 rings (SSSR count). The molecule has 0 aromatic carbocycles. The zero-order valence-electron chi connectivity index (χ0n) is 43.7. The maximum Gasteiger partial charge on any atom is 0.113 e. The van der Waals surface area contributed by atoms with Crippen LogP contribution in [0.2, 0.25) is 0 Å². The van der Waals surface area contributed by atoms with Gasteiger partial charge in [0.25, 0.3) is 0 Å². The SMILES string of the molecule is N#CC1CC(C2CCC(N3C4CCCCC4C4CCCCC43)CC2)CC(C#N)C1C1CCC2C(N1)OC1NC(C3C(C#N)CC(C4CCC(N5C6CCCCC6C6CCCCC65)CC4)CC3C#N)CCC12. The fourth-order valence-corrected chi connectivity index (χ4v) is 22.3. The van der Waals surface area contributed by atoms with E-state index in [1.807, 2.05) is 0 Å². The third-order valence-corrected chi connectivity index (χ3v) is 25.1. The summed E-state index contributed by atoms with van der Waals surface area (Å²) >= 11 is 0. The van der Waals surface area contributed by atoms with Crippen molar-refractivity contribution in [2.45, 2.75) is 266 Å². The summed E-state index contributed by atoms with van der Waals surface area (Å²) < 4.78 is 6.99. The largest absolute Gasteiger partial charge is 0.345 e. The van der Waals surface area contributed by atoms with Gasteiger partial charge in [-0.2, -0.15) is 21.0 Å². The third kappa shape index (κ3) is 8.68. The third-order valence-electron chi connectivity index (χ3n) is 25.1. The van der Waals surface area contributed by atoms with Gasteiger partial charge in [-0.15, -0.1) is 0 Å². The number of piperidine rings is 2. The summed E-state index contributed by atoms with van der Waals surface area (Å²) in [6, 6.07) is 16.4. The highest BCUT2D eigenvalue weighted by atomic mass is 16.5. The Balaban J connectivity index is 0.608. The summed E-state index contributed by atoms with van der Waals surface area (Å²) in [6.45, 7) is 0. The number of likely N-dealkylation sites (tertiary alicyclic amines) is 2. The molecule has 0 aromatic heterocycles. The molecule has 0 aromatic rings. The number of hydrogen-bond donors (Lipinski definition) is 2. The predicted molar refractivity (Wildman–Crippen MR) is 275 cm³/mol. The van der Waals surface area contributed by atoms with Crippen molar-refractivity contribution in [3.63, 3.8) is 0 Å². The molecule has 0 bridgehead atoms. The zero-order chi connectivity index (χ0) is 47.7.